The van der Waals surface area contributed by atoms with Gasteiger partial charge in [-0.15, -0.1) is 0 Å². The van der Waals surface area contributed by atoms with Gasteiger partial charge in [0.1, 0.15) is 102 Å². The van der Waals surface area contributed by atoms with Gasteiger partial charge in [0.25, 0.3) is 0 Å². The Morgan fingerprint density at radius 3 is 1.94 bits per heavy atom. The van der Waals surface area contributed by atoms with Crippen LogP contribution in [-0.4, -0.2) is 169 Å². The molecule has 5 fully saturated rings. The van der Waals surface area contributed by atoms with E-state index in [4.69, 9.17) is 36.3 Å². The first-order valence-electron chi connectivity index (χ1n) is 38.7. The van der Waals surface area contributed by atoms with Gasteiger partial charge < -0.3 is 113 Å². The second-order valence-electron chi connectivity index (χ2n) is 31.4. The Morgan fingerprint density at radius 1 is 0.643 bits per heavy atom. The number of fused-ring (bicyclic) bond motifs is 15. The smallest absolute Gasteiger partial charge is 0.325 e. The van der Waals surface area contributed by atoms with Crippen LogP contribution < -0.4 is 73.1 Å². The van der Waals surface area contributed by atoms with Crippen LogP contribution in [0.2, 0.25) is 5.02 Å². The summed E-state index contributed by atoms with van der Waals surface area (Å²) < 4.78 is 25.9. The fraction of sp³-hybridized carbons (Fsp3) is 0.451. The minimum absolute atomic E-state index is 0.0315. The molecule has 10 amide bonds. The molecule has 6 heterocycles. The lowest BCUT2D eigenvalue weighted by atomic mass is 9.54. The number of nitrogens with two attached hydrogens (primary N) is 1. The van der Waals surface area contributed by atoms with E-state index in [0.29, 0.717) is 11.8 Å². The number of phenolic OH excluding ortho intramolecular Hbond substituents is 3. The van der Waals surface area contributed by atoms with Gasteiger partial charge in [0.2, 0.25) is 59.3 Å². The van der Waals surface area contributed by atoms with Crippen LogP contribution in [0.15, 0.2) is 103 Å². The first kappa shape index (κ1) is 82.3. The zero-order valence-corrected chi connectivity index (χ0v) is 64.4. The number of benzene rings is 6. The highest BCUT2D eigenvalue weighted by Crippen LogP contribution is 2.55. The van der Waals surface area contributed by atoms with Crippen molar-refractivity contribution >= 4 is 70.6 Å². The molecule has 0 spiro atoms. The second-order valence-corrected chi connectivity index (χ2v) is 31.8. The summed E-state index contributed by atoms with van der Waals surface area (Å²) in [5.41, 5.74) is 5.57. The Balaban J connectivity index is 0.986. The largest absolute Gasteiger partial charge is 0.508 e. The van der Waals surface area contributed by atoms with Gasteiger partial charge in [-0.2, -0.15) is 0 Å². The fourth-order valence-corrected chi connectivity index (χ4v) is 17.3. The van der Waals surface area contributed by atoms with E-state index >= 15 is 28.8 Å². The lowest BCUT2D eigenvalue weighted by Gasteiger charge is -2.54. The molecule has 6 aromatic rings. The molecule has 0 radical (unpaired) electrons. The molecule has 14 atom stereocenters. The summed E-state index contributed by atoms with van der Waals surface area (Å²) in [6.45, 7) is 6.84. The van der Waals surface area contributed by atoms with E-state index in [1.165, 1.54) is 50.4 Å². The number of carbonyl (C=O) groups excluding carboxylic acids is 9. The summed E-state index contributed by atoms with van der Waals surface area (Å²) in [6, 6.07) is 6.81. The zero-order valence-electron chi connectivity index (χ0n) is 63.7. The third-order valence-corrected chi connectivity index (χ3v) is 23.1. The molecule has 6 aromatic carbocycles. The van der Waals surface area contributed by atoms with Gasteiger partial charge in [0.15, 0.2) is 11.5 Å². The maximum absolute atomic E-state index is 16.4. The highest BCUT2D eigenvalue weighted by Gasteiger charge is 2.51. The van der Waals surface area contributed by atoms with Crippen molar-refractivity contribution in [3.63, 3.8) is 0 Å². The third-order valence-electron chi connectivity index (χ3n) is 22.8. The van der Waals surface area contributed by atoms with Crippen LogP contribution in [0.25, 0.3) is 11.1 Å². The third kappa shape index (κ3) is 17.9. The number of phenols is 3. The number of imide groups is 1. The molecule has 32 nitrogen and oxygen atoms in total. The molecule has 6 aliphatic heterocycles. The number of halogens is 1. The van der Waals surface area contributed by atoms with Crippen molar-refractivity contribution < 1.29 is 103 Å². The standard InChI is InChI=1S/C82H96ClN11O21/c1-6-7-8-9-37-10-15-46(16-11-37)86-82(111)88-60(98)33-52-75(105)90-64-45-29-57(112-55-18-13-41(21-36(55)4)68(99)66(79(109)87-52)93-74(104)51(85-5)20-35(2)3)73(115-81-72(103)71(102)70(101)59(34-84)114-81)58(30-45)113-56-19-14-42(28-50(56)83)69(100)67-80(110)92-65(78(108)89-62-43-23-38-22-39(25-43)26-44(62)24-38)49-31-47(95)32-54(97)61(49)48-27-40(12-17-53(48)96)63(76(106)94-67)91-77(64)107/h10-19,21,27-32,35,38-39,43-44,51-52,59,62-72,81,85,95-97,99-103H,6-9,20,22-26,33-34,84H2,1-5H3,(H,87,109)(H,89,108)(H,90,105)(H,91,107)(H,92,110)(H,93,104)(H,94,106)(H2,86,88,98,111)/t38?,39?,43?,44?,51-,52+,59-,62?,63-,64-,65+,66-,67+,68-,69-,70-,71+,72-,81+/m1/s1. The molecule has 115 heavy (non-hydrogen) atoms. The van der Waals surface area contributed by atoms with Crippen molar-refractivity contribution in [1.29, 1.82) is 0 Å². The number of rotatable bonds is 17. The number of hydrogen-bond donors (Lipinski definition) is 19. The van der Waals surface area contributed by atoms with Gasteiger partial charge in [0.05, 0.1) is 17.5 Å². The summed E-state index contributed by atoms with van der Waals surface area (Å²) in [5, 5.41) is 121. The Labute approximate surface area is 666 Å². The molecule has 1 saturated heterocycles. The Morgan fingerprint density at radius 2 is 1.29 bits per heavy atom. The highest BCUT2D eigenvalue weighted by atomic mass is 35.5. The normalized spacial score (nSPS) is 27.9. The first-order chi connectivity index (χ1) is 54.9. The predicted octanol–water partition coefficient (Wildman–Crippen LogP) is 4.94. The average molecular weight is 1610 g/mol. The number of aromatic hydroxyl groups is 3. The molecule has 0 aromatic heterocycles. The number of anilines is 1. The average Bonchev–Trinajstić information content (AvgIpc) is 0.760. The quantitative estimate of drug-likeness (QED) is 0.0537. The van der Waals surface area contributed by atoms with Crippen molar-refractivity contribution in [2.24, 2.45) is 35.3 Å². The lowest BCUT2D eigenvalue weighted by molar-refractivity contribution is -0.270. The molecule has 10 aliphatic rings. The number of aryl methyl sites for hydroxylation is 2. The number of amides is 10. The van der Waals surface area contributed by atoms with Crippen LogP contribution in [0.3, 0.4) is 0 Å². The minimum Gasteiger partial charge on any atom is -0.508 e. The molecule has 20 N–H and O–H groups in total. The first-order valence-corrected chi connectivity index (χ1v) is 39.1. The molecule has 612 valence electrons. The molecule has 4 aliphatic carbocycles. The number of hydrogen-bond acceptors (Lipinski definition) is 23. The molecular weight excluding hydrogens is 1510 g/mol. The van der Waals surface area contributed by atoms with E-state index in [-0.39, 0.29) is 91.4 Å². The summed E-state index contributed by atoms with van der Waals surface area (Å²) in [4.78, 5) is 138. The van der Waals surface area contributed by atoms with Crippen molar-refractivity contribution in [3.8, 4) is 57.1 Å². The minimum atomic E-state index is -2.33. The van der Waals surface area contributed by atoms with Crippen LogP contribution in [0.1, 0.15) is 154 Å². The number of ether oxygens (including phenoxy) is 4. The van der Waals surface area contributed by atoms with Crippen molar-refractivity contribution in [2.45, 2.75) is 190 Å². The summed E-state index contributed by atoms with van der Waals surface area (Å²) in [7, 11) is 1.50. The molecule has 16 rings (SSSR count). The molecule has 15 bridgehead atoms. The molecule has 33 heteroatoms. The topological polar surface area (TPSA) is 499 Å². The SMILES string of the molecule is CCCCCc1ccc(NC(=O)NC(=O)C[C@@H]2NC(=O)[C@H](NC(=O)[C@@H](CC(C)C)NC)[C@H](O)c3ccc(c(C)c3)Oc3cc4cc(c3O[C@@H]3O[C@H](CN)[C@@H](O)[C@H](O)[C@H]3O)Oc3ccc(cc3Cl)[C@@H](O)[C@@H]3NC(=O)[C@H](NC(=O)[C@@H]4NC2=O)c2ccc(O)c(c2)-c2c(O)cc(O)cc2[C@@H](C(=O)NC2C4CC5CC(C4)CC2C5)NC3=O)cc1. The Hall–Kier alpha value is -10.7. The van der Waals surface area contributed by atoms with E-state index in [2.05, 4.69) is 60.1 Å². The van der Waals surface area contributed by atoms with Crippen molar-refractivity contribution in [2.75, 3.05) is 18.9 Å². The van der Waals surface area contributed by atoms with Crippen LogP contribution >= 0.6 is 11.6 Å². The van der Waals surface area contributed by atoms with Gasteiger partial charge in [-0.05, 0) is 201 Å². The van der Waals surface area contributed by atoms with Crippen LogP contribution in [0.5, 0.6) is 46.0 Å². The number of aliphatic hydroxyl groups is 5. The number of unbranched alkanes of at least 4 members (excludes halogenated alkanes) is 2. The summed E-state index contributed by atoms with van der Waals surface area (Å²) >= 11 is 7.19. The molecule has 4 saturated carbocycles. The number of likely N-dealkylation sites (N-methyl/N-ethyl adjacent to an activating group) is 1. The van der Waals surface area contributed by atoms with Crippen LogP contribution in [0.4, 0.5) is 10.5 Å². The second kappa shape index (κ2) is 34.8. The fourth-order valence-electron chi connectivity index (χ4n) is 17.0. The molecular formula is C82H96ClN11O21. The van der Waals surface area contributed by atoms with Gasteiger partial charge in [-0.25, -0.2) is 4.79 Å². The van der Waals surface area contributed by atoms with Gasteiger partial charge >= 0.3 is 6.03 Å². The van der Waals surface area contributed by atoms with E-state index in [9.17, 15) is 55.2 Å². The number of nitrogens with one attached hydrogen (secondary N) is 10. The van der Waals surface area contributed by atoms with E-state index in [0.717, 1.165) is 106 Å². The van der Waals surface area contributed by atoms with E-state index in [1.54, 1.807) is 24.3 Å². The number of aliphatic hydroxyl groups excluding tert-OH is 5. The van der Waals surface area contributed by atoms with E-state index in [1.807, 2.05) is 13.8 Å². The monoisotopic (exact) mass is 1610 g/mol. The molecule has 0 unspecified atom stereocenters. The zero-order chi connectivity index (χ0) is 82.1. The van der Waals surface area contributed by atoms with Crippen LogP contribution in [-0.2, 0) is 49.5 Å². The predicted molar refractivity (Wildman–Crippen MR) is 414 cm³/mol. The Kier molecular flexibility index (Phi) is 24.9. The van der Waals surface area contributed by atoms with Gasteiger partial charge in [0, 0.05) is 35.5 Å². The van der Waals surface area contributed by atoms with Gasteiger partial charge in [-0.3, -0.25) is 43.7 Å². The van der Waals surface area contributed by atoms with Crippen molar-refractivity contribution in [3.05, 3.63) is 147 Å². The summed E-state index contributed by atoms with van der Waals surface area (Å²) in [5.74, 6) is -12.5. The highest BCUT2D eigenvalue weighted by molar-refractivity contribution is 6.32. The number of carbonyl (C=O) groups is 9. The van der Waals surface area contributed by atoms with Gasteiger partial charge in [-0.1, -0.05) is 75.5 Å². The lowest BCUT2D eigenvalue weighted by Crippen LogP contribution is -2.60. The maximum Gasteiger partial charge on any atom is 0.325 e. The van der Waals surface area contributed by atoms with Crippen LogP contribution in [0, 0.1) is 36.5 Å². The number of urea groups is 1. The Bertz CT molecular complexity index is 4710. The summed E-state index contributed by atoms with van der Waals surface area (Å²) in [6.07, 6.45) is -6.17. The maximum atomic E-state index is 16.4. The van der Waals surface area contributed by atoms with E-state index < -0.39 is 192 Å². The van der Waals surface area contributed by atoms with Crippen molar-refractivity contribution in [1.82, 2.24) is 47.9 Å².